The Morgan fingerprint density at radius 2 is 1.75 bits per heavy atom. The molecular weight excluding hydrogens is 917 g/mol. The quantitative estimate of drug-likeness (QED) is 0.0490. The molecule has 14 nitrogen and oxygen atoms in total. The number of pyridine rings is 1. The number of nitro groups is 1. The summed E-state index contributed by atoms with van der Waals surface area (Å²) in [7, 11) is -4.63. The Bertz CT molecular complexity index is 2840. The molecule has 5 aromatic rings. The first kappa shape index (κ1) is 49.4. The molecule has 0 spiro atoms. The molecule has 3 aromatic carbocycles. The van der Waals surface area contributed by atoms with Crippen LogP contribution in [0.5, 0.6) is 11.5 Å². The number of aromatic nitrogens is 2. The topological polar surface area (TPSA) is 166 Å². The number of halogens is 4. The fraction of sp³-hybridized carbons (Fsp3) is 0.440. The Balaban J connectivity index is 0.976. The van der Waals surface area contributed by atoms with Crippen LogP contribution in [0.3, 0.4) is 0 Å². The third-order valence-electron chi connectivity index (χ3n) is 13.7. The van der Waals surface area contributed by atoms with Crippen molar-refractivity contribution in [3.05, 3.63) is 117 Å². The van der Waals surface area contributed by atoms with Crippen LogP contribution in [0, 0.1) is 28.4 Å². The second kappa shape index (κ2) is 20.5. The highest BCUT2D eigenvalue weighted by atomic mass is 32.2. The summed E-state index contributed by atoms with van der Waals surface area (Å²) < 4.78 is 89.3. The number of hydrogen-bond donors (Lipinski definition) is 3. The number of benzene rings is 3. The number of carbonyl (C=O) groups excluding carboxylic acids is 1. The Morgan fingerprint density at radius 3 is 2.46 bits per heavy atom. The molecule has 2 saturated heterocycles. The number of H-pyrrole nitrogens is 1. The zero-order valence-corrected chi connectivity index (χ0v) is 39.8. The molecule has 3 N–H and O–H groups in total. The number of allylic oxidation sites excluding steroid dienone is 1. The molecule has 8 rings (SSSR count). The van der Waals surface area contributed by atoms with E-state index in [-0.39, 0.29) is 29.1 Å². The summed E-state index contributed by atoms with van der Waals surface area (Å²) in [4.78, 5) is 39.0. The van der Waals surface area contributed by atoms with Crippen molar-refractivity contribution in [1.29, 1.82) is 0 Å². The van der Waals surface area contributed by atoms with Crippen molar-refractivity contribution < 1.29 is 40.4 Å². The van der Waals surface area contributed by atoms with Gasteiger partial charge in [0.1, 0.15) is 29.5 Å². The van der Waals surface area contributed by atoms with E-state index in [4.69, 9.17) is 4.74 Å². The first-order valence-corrected chi connectivity index (χ1v) is 24.8. The van der Waals surface area contributed by atoms with Gasteiger partial charge in [0.2, 0.25) is 0 Å². The van der Waals surface area contributed by atoms with E-state index in [1.165, 1.54) is 42.1 Å². The van der Waals surface area contributed by atoms with Gasteiger partial charge in [0.25, 0.3) is 21.6 Å². The second-order valence-corrected chi connectivity index (χ2v) is 20.8. The highest BCUT2D eigenvalue weighted by Crippen LogP contribution is 2.45. The van der Waals surface area contributed by atoms with Crippen LogP contribution in [0.15, 0.2) is 89.6 Å². The molecule has 1 aliphatic carbocycles. The number of amides is 1. The van der Waals surface area contributed by atoms with Gasteiger partial charge in [-0.2, -0.15) is 13.2 Å². The SMILES string of the molecule is Cc1cc(C(F)(F)F)ccc1C1=C(CN2CCN(c3ccc(C(=O)NS(=O)(=O)c4ccc(NCCC5CCN(CCF)CC5)c([N+](=O)[O-])c4)c(Oc4cnc5[nH]ccc5c4)c3)CC2)CCC(C)(C)C1. The number of rotatable bonds is 16. The lowest BCUT2D eigenvalue weighted by molar-refractivity contribution is -0.384. The predicted molar refractivity (Wildman–Crippen MR) is 258 cm³/mol. The van der Waals surface area contributed by atoms with E-state index in [0.29, 0.717) is 68.7 Å². The number of fused-ring (bicyclic) bond motifs is 1. The number of anilines is 2. The lowest BCUT2D eigenvalue weighted by Crippen LogP contribution is -2.47. The van der Waals surface area contributed by atoms with Gasteiger partial charge in [0.15, 0.2) is 0 Å². The third-order valence-corrected chi connectivity index (χ3v) is 15.0. The molecule has 0 atom stereocenters. The predicted octanol–water partition coefficient (Wildman–Crippen LogP) is 9.98. The van der Waals surface area contributed by atoms with Crippen molar-refractivity contribution in [3.8, 4) is 11.5 Å². The molecule has 0 saturated carbocycles. The van der Waals surface area contributed by atoms with Crippen molar-refractivity contribution >= 4 is 49.6 Å². The number of ether oxygens (including phenoxy) is 1. The Hall–Kier alpha value is -6.05. The van der Waals surface area contributed by atoms with Crippen LogP contribution in [0.1, 0.15) is 79.4 Å². The molecule has 4 heterocycles. The van der Waals surface area contributed by atoms with Crippen LogP contribution in [-0.2, 0) is 16.2 Å². The van der Waals surface area contributed by atoms with E-state index in [2.05, 4.69) is 48.6 Å². The number of likely N-dealkylation sites (tertiary alicyclic amines) is 1. The zero-order valence-electron chi connectivity index (χ0n) is 39.0. The van der Waals surface area contributed by atoms with Crippen molar-refractivity contribution in [2.24, 2.45) is 11.3 Å². The fourth-order valence-electron chi connectivity index (χ4n) is 9.73. The number of hydrogen-bond acceptors (Lipinski definition) is 11. The number of alkyl halides is 4. The summed E-state index contributed by atoms with van der Waals surface area (Å²) in [6, 6.07) is 15.9. The zero-order chi connectivity index (χ0) is 49.1. The van der Waals surface area contributed by atoms with Gasteiger partial charge in [-0.1, -0.05) is 25.5 Å². The van der Waals surface area contributed by atoms with Gasteiger partial charge in [-0.3, -0.25) is 19.8 Å². The minimum atomic E-state index is -4.63. The number of aromatic amines is 1. The molecule has 2 fully saturated rings. The van der Waals surface area contributed by atoms with Crippen LogP contribution < -0.4 is 19.7 Å². The first-order chi connectivity index (χ1) is 32.9. The molecule has 2 aromatic heterocycles. The molecule has 19 heteroatoms. The maximum atomic E-state index is 14.0. The molecule has 2 aliphatic heterocycles. The maximum Gasteiger partial charge on any atom is 0.416 e. The molecular formula is C50H58F4N8O6S. The highest BCUT2D eigenvalue weighted by molar-refractivity contribution is 7.90. The normalized spacial score (nSPS) is 17.6. The minimum absolute atomic E-state index is 0.00548. The van der Waals surface area contributed by atoms with E-state index in [1.54, 1.807) is 37.4 Å². The van der Waals surface area contributed by atoms with Crippen LogP contribution in [0.4, 0.5) is 34.6 Å². The van der Waals surface area contributed by atoms with Crippen LogP contribution in [0.25, 0.3) is 16.6 Å². The summed E-state index contributed by atoms with van der Waals surface area (Å²) in [5.74, 6) is -0.283. The molecule has 0 radical (unpaired) electrons. The number of piperidine rings is 1. The summed E-state index contributed by atoms with van der Waals surface area (Å²) in [6.45, 7) is 11.4. The van der Waals surface area contributed by atoms with Crippen molar-refractivity contribution in [3.63, 3.8) is 0 Å². The molecule has 0 unspecified atom stereocenters. The Kier molecular flexibility index (Phi) is 14.7. The first-order valence-electron chi connectivity index (χ1n) is 23.3. The highest BCUT2D eigenvalue weighted by Gasteiger charge is 2.34. The number of piperazine rings is 1. The summed E-state index contributed by atoms with van der Waals surface area (Å²) in [6.07, 6.45) is 3.89. The number of sulfonamides is 1. The van der Waals surface area contributed by atoms with E-state index in [1.807, 2.05) is 6.07 Å². The van der Waals surface area contributed by atoms with Crippen LogP contribution in [0.2, 0.25) is 0 Å². The Labute approximate surface area is 399 Å². The van der Waals surface area contributed by atoms with Crippen LogP contribution in [-0.4, -0.2) is 105 Å². The van der Waals surface area contributed by atoms with Gasteiger partial charge in [-0.15, -0.1) is 0 Å². The Morgan fingerprint density at radius 1 is 0.986 bits per heavy atom. The number of nitrogens with one attached hydrogen (secondary N) is 3. The van der Waals surface area contributed by atoms with Gasteiger partial charge in [0, 0.05) is 75.2 Å². The van der Waals surface area contributed by atoms with E-state index >= 15 is 0 Å². The van der Waals surface area contributed by atoms with Crippen molar-refractivity contribution in [2.75, 3.05) is 75.8 Å². The maximum absolute atomic E-state index is 14.0. The summed E-state index contributed by atoms with van der Waals surface area (Å²) >= 11 is 0. The molecule has 0 bridgehead atoms. The number of aryl methyl sites for hydroxylation is 1. The van der Waals surface area contributed by atoms with Crippen LogP contribution >= 0.6 is 0 Å². The average molecular weight is 975 g/mol. The van der Waals surface area contributed by atoms with Gasteiger partial charge >= 0.3 is 6.18 Å². The van der Waals surface area contributed by atoms with Gasteiger partial charge < -0.3 is 24.8 Å². The lowest BCUT2D eigenvalue weighted by atomic mass is 9.72. The van der Waals surface area contributed by atoms with Gasteiger partial charge in [0.05, 0.1) is 27.1 Å². The monoisotopic (exact) mass is 974 g/mol. The number of nitrogens with zero attached hydrogens (tertiary/aromatic N) is 5. The largest absolute Gasteiger partial charge is 0.455 e. The van der Waals surface area contributed by atoms with E-state index < -0.39 is 43.2 Å². The van der Waals surface area contributed by atoms with Gasteiger partial charge in [-0.05, 0) is 135 Å². The van der Waals surface area contributed by atoms with Gasteiger partial charge in [-0.25, -0.2) is 22.5 Å². The standard InChI is InChI=1S/C50H58F4N8O6S/c1-33-26-37(50(52,53)54)4-7-41(33)43-30-49(2,3)15-10-36(43)32-60-22-24-61(25-23-60)38-5-8-42(46(28-38)68-39-27-35-12-18-56-47(35)57-31-39)48(63)58-69(66,67)40-6-9-44(45(29-40)62(64)65)55-17-11-34-13-19-59(20-14-34)21-16-51/h4-9,12,18,26-29,31,34,55H,10-11,13-17,19-25,30,32H2,1-3H3,(H,56,57)(H,58,63). The number of carbonyl (C=O) groups is 1. The summed E-state index contributed by atoms with van der Waals surface area (Å²) in [5.41, 5.74) is 4.09. The lowest BCUT2D eigenvalue weighted by Gasteiger charge is -2.39. The second-order valence-electron chi connectivity index (χ2n) is 19.1. The van der Waals surface area contributed by atoms with E-state index in [0.717, 1.165) is 79.9 Å². The molecule has 368 valence electrons. The molecule has 69 heavy (non-hydrogen) atoms. The fourth-order valence-corrected chi connectivity index (χ4v) is 10.7. The van der Waals surface area contributed by atoms with E-state index in [9.17, 15) is 40.9 Å². The summed E-state index contributed by atoms with van der Waals surface area (Å²) in [5, 5.41) is 16.0. The molecule has 3 aliphatic rings. The van der Waals surface area contributed by atoms with Crippen molar-refractivity contribution in [2.45, 2.75) is 70.4 Å². The smallest absolute Gasteiger partial charge is 0.416 e. The molecule has 1 amide bonds. The number of nitro benzene ring substituents is 1. The van der Waals surface area contributed by atoms with Crippen molar-refractivity contribution in [1.82, 2.24) is 24.5 Å². The minimum Gasteiger partial charge on any atom is -0.455 e. The third kappa shape index (κ3) is 11.9. The average Bonchev–Trinajstić information content (AvgIpc) is 3.78.